The van der Waals surface area contributed by atoms with E-state index >= 15 is 0 Å². The molecule has 1 N–H and O–H groups in total. The highest BCUT2D eigenvalue weighted by atomic mass is 28.4. The second-order valence-electron chi connectivity index (χ2n) is 5.39. The summed E-state index contributed by atoms with van der Waals surface area (Å²) < 4.78 is 0. The molecule has 0 unspecified atom stereocenters. The highest BCUT2D eigenvalue weighted by Crippen LogP contribution is 2.03. The van der Waals surface area contributed by atoms with Crippen LogP contribution in [0, 0.1) is 0 Å². The lowest BCUT2D eigenvalue weighted by Crippen LogP contribution is -2.46. The minimum Gasteiger partial charge on any atom is -0.428 e. The van der Waals surface area contributed by atoms with Crippen LogP contribution in [0.15, 0.2) is 24.3 Å². The molecule has 0 fully saturated rings. The molecule has 0 amide bonds. The van der Waals surface area contributed by atoms with E-state index in [1.807, 2.05) is 13.1 Å². The third-order valence-electron chi connectivity index (χ3n) is 2.44. The molecule has 0 aromatic heterocycles. The maximum Gasteiger partial charge on any atom is 0.213 e. The van der Waals surface area contributed by atoms with E-state index in [0.29, 0.717) is 0 Å². The minimum absolute atomic E-state index is 1.15. The first kappa shape index (κ1) is 11.7. The molecule has 0 aliphatic rings. The standard InChI is InChI=1S/C11H20OSi2/c1-13(2,3)10-7-6-8-11(9-10)14(4,5)12/h6-9,12H,1-5H3. The SMILES string of the molecule is C[Si](C)(C)c1cccc([Si](C)(C)O)c1. The Hall–Kier alpha value is -0.386. The van der Waals surface area contributed by atoms with Crippen LogP contribution in [0.2, 0.25) is 32.7 Å². The fraction of sp³-hybridized carbons (Fsp3) is 0.455. The first-order valence-corrected chi connectivity index (χ1v) is 11.5. The number of hydrogen-bond acceptors (Lipinski definition) is 1. The molecule has 0 heterocycles. The first-order valence-electron chi connectivity index (χ1n) is 5.04. The van der Waals surface area contributed by atoms with E-state index in [2.05, 4.69) is 43.9 Å². The second-order valence-corrected chi connectivity index (χ2v) is 14.2. The van der Waals surface area contributed by atoms with Gasteiger partial charge in [0.15, 0.2) is 0 Å². The van der Waals surface area contributed by atoms with Crippen LogP contribution < -0.4 is 10.4 Å². The van der Waals surface area contributed by atoms with Gasteiger partial charge in [0.05, 0.1) is 8.07 Å². The van der Waals surface area contributed by atoms with E-state index in [0.717, 1.165) is 5.19 Å². The molecule has 0 radical (unpaired) electrons. The van der Waals surface area contributed by atoms with Crippen molar-refractivity contribution in [1.82, 2.24) is 0 Å². The topological polar surface area (TPSA) is 20.2 Å². The van der Waals surface area contributed by atoms with Crippen molar-refractivity contribution in [1.29, 1.82) is 0 Å². The second kappa shape index (κ2) is 3.64. The molecule has 14 heavy (non-hydrogen) atoms. The number of rotatable bonds is 2. The smallest absolute Gasteiger partial charge is 0.213 e. The van der Waals surface area contributed by atoms with Crippen molar-refractivity contribution in [2.75, 3.05) is 0 Å². The van der Waals surface area contributed by atoms with Crippen molar-refractivity contribution in [3.63, 3.8) is 0 Å². The van der Waals surface area contributed by atoms with Crippen molar-refractivity contribution in [3.8, 4) is 0 Å². The maximum atomic E-state index is 10.0. The average molecular weight is 224 g/mol. The van der Waals surface area contributed by atoms with Gasteiger partial charge in [-0.05, 0) is 18.3 Å². The summed E-state index contributed by atoms with van der Waals surface area (Å²) in [7, 11) is -3.35. The van der Waals surface area contributed by atoms with E-state index in [-0.39, 0.29) is 0 Å². The molecule has 1 rings (SSSR count). The van der Waals surface area contributed by atoms with Gasteiger partial charge in [-0.25, -0.2) is 0 Å². The lowest BCUT2D eigenvalue weighted by atomic mass is 10.4. The molecule has 78 valence electrons. The Balaban J connectivity index is 3.15. The number of hydrogen-bond donors (Lipinski definition) is 1. The molecule has 0 saturated heterocycles. The van der Waals surface area contributed by atoms with Crippen LogP contribution >= 0.6 is 0 Å². The summed E-state index contributed by atoms with van der Waals surface area (Å²) in [6.07, 6.45) is 0. The molecule has 3 heteroatoms. The molecule has 1 aromatic rings. The highest BCUT2D eigenvalue weighted by Gasteiger charge is 2.23. The predicted octanol–water partition coefficient (Wildman–Crippen LogP) is 1.64. The van der Waals surface area contributed by atoms with E-state index in [9.17, 15) is 4.80 Å². The van der Waals surface area contributed by atoms with Gasteiger partial charge in [0, 0.05) is 0 Å². The fourth-order valence-corrected chi connectivity index (χ4v) is 3.71. The highest BCUT2D eigenvalue weighted by molar-refractivity contribution is 6.89. The first-order chi connectivity index (χ1) is 6.21. The molecule has 0 aliphatic heterocycles. The van der Waals surface area contributed by atoms with Crippen LogP contribution in [-0.4, -0.2) is 21.2 Å². The third kappa shape index (κ3) is 2.80. The lowest BCUT2D eigenvalue weighted by molar-refractivity contribution is 0.568. The monoisotopic (exact) mass is 224 g/mol. The van der Waals surface area contributed by atoms with Crippen LogP contribution in [0.1, 0.15) is 0 Å². The van der Waals surface area contributed by atoms with E-state index < -0.39 is 16.4 Å². The third-order valence-corrected chi connectivity index (χ3v) is 6.20. The van der Waals surface area contributed by atoms with Gasteiger partial charge in [-0.2, -0.15) is 0 Å². The quantitative estimate of drug-likeness (QED) is 0.757. The van der Waals surface area contributed by atoms with Crippen LogP contribution in [0.5, 0.6) is 0 Å². The Bertz CT molecular complexity index is 292. The normalized spacial score (nSPS) is 13.0. The Kier molecular flexibility index (Phi) is 3.04. The van der Waals surface area contributed by atoms with Crippen molar-refractivity contribution >= 4 is 26.8 Å². The molecule has 0 saturated carbocycles. The van der Waals surface area contributed by atoms with Crippen molar-refractivity contribution in [2.24, 2.45) is 0 Å². The van der Waals surface area contributed by atoms with Gasteiger partial charge in [0.1, 0.15) is 0 Å². The zero-order chi connectivity index (χ0) is 11.0. The molecule has 1 aromatic carbocycles. The zero-order valence-electron chi connectivity index (χ0n) is 9.76. The Morgan fingerprint density at radius 1 is 0.929 bits per heavy atom. The van der Waals surface area contributed by atoms with Gasteiger partial charge in [-0.15, -0.1) is 0 Å². The summed E-state index contributed by atoms with van der Waals surface area (Å²) in [4.78, 5) is 10.0. The number of benzene rings is 1. The largest absolute Gasteiger partial charge is 0.428 e. The van der Waals surface area contributed by atoms with Crippen molar-refractivity contribution < 1.29 is 4.80 Å². The van der Waals surface area contributed by atoms with Gasteiger partial charge in [-0.3, -0.25) is 0 Å². The van der Waals surface area contributed by atoms with E-state index in [1.54, 1.807) is 0 Å². The lowest BCUT2D eigenvalue weighted by Gasteiger charge is -2.21. The summed E-state index contributed by atoms with van der Waals surface area (Å²) in [6.45, 7) is 10.9. The Labute approximate surface area is 88.9 Å². The molecule has 0 spiro atoms. The van der Waals surface area contributed by atoms with Gasteiger partial charge in [-0.1, -0.05) is 49.1 Å². The van der Waals surface area contributed by atoms with Gasteiger partial charge < -0.3 is 4.80 Å². The summed E-state index contributed by atoms with van der Waals surface area (Å²) in [5, 5.41) is 2.59. The molecular weight excluding hydrogens is 204 g/mol. The van der Waals surface area contributed by atoms with Gasteiger partial charge >= 0.3 is 0 Å². The summed E-state index contributed by atoms with van der Waals surface area (Å²) in [6, 6.07) is 8.53. The van der Waals surface area contributed by atoms with Gasteiger partial charge in [0.2, 0.25) is 8.32 Å². The van der Waals surface area contributed by atoms with E-state index in [4.69, 9.17) is 0 Å². The predicted molar refractivity (Wildman–Crippen MR) is 68.8 cm³/mol. The summed E-state index contributed by atoms with van der Waals surface area (Å²) >= 11 is 0. The van der Waals surface area contributed by atoms with Crippen LogP contribution in [0.25, 0.3) is 0 Å². The molecule has 0 aliphatic carbocycles. The van der Waals surface area contributed by atoms with E-state index in [1.165, 1.54) is 5.19 Å². The van der Waals surface area contributed by atoms with Gasteiger partial charge in [0.25, 0.3) is 0 Å². The molecular formula is C11H20OSi2. The molecule has 0 atom stereocenters. The molecule has 0 bridgehead atoms. The minimum atomic E-state index is -2.12. The average Bonchev–Trinajstić information content (AvgIpc) is 2.01. The van der Waals surface area contributed by atoms with Crippen LogP contribution in [-0.2, 0) is 0 Å². The zero-order valence-corrected chi connectivity index (χ0v) is 11.8. The van der Waals surface area contributed by atoms with Crippen molar-refractivity contribution in [3.05, 3.63) is 24.3 Å². The fourth-order valence-electron chi connectivity index (χ4n) is 1.37. The van der Waals surface area contributed by atoms with Crippen LogP contribution in [0.4, 0.5) is 0 Å². The Morgan fingerprint density at radius 2 is 1.43 bits per heavy atom. The van der Waals surface area contributed by atoms with Crippen molar-refractivity contribution in [2.45, 2.75) is 32.7 Å². The summed E-state index contributed by atoms with van der Waals surface area (Å²) in [5.41, 5.74) is 0. The van der Waals surface area contributed by atoms with Crippen LogP contribution in [0.3, 0.4) is 0 Å². The maximum absolute atomic E-state index is 10.0. The molecule has 1 nitrogen and oxygen atoms in total. The Morgan fingerprint density at radius 3 is 1.86 bits per heavy atom. The summed E-state index contributed by atoms with van der Waals surface area (Å²) in [5.74, 6) is 0.